The van der Waals surface area contributed by atoms with Crippen LogP contribution in [0.15, 0.2) is 4.99 Å². The molecule has 2 N–H and O–H groups in total. The van der Waals surface area contributed by atoms with E-state index in [-0.39, 0.29) is 12.0 Å². The summed E-state index contributed by atoms with van der Waals surface area (Å²) in [6.07, 6.45) is 1.21. The number of carbonyl (C=O) groups excluding carboxylic acids is 1. The summed E-state index contributed by atoms with van der Waals surface area (Å²) >= 11 is 1.37. The highest BCUT2D eigenvalue weighted by molar-refractivity contribution is 7.13. The molecule has 28 heavy (non-hydrogen) atoms. The number of nitrogens with one attached hydrogen (secondary N) is 2. The van der Waals surface area contributed by atoms with Crippen molar-refractivity contribution in [2.45, 2.75) is 33.2 Å². The van der Waals surface area contributed by atoms with Crippen molar-refractivity contribution < 1.29 is 9.53 Å². The monoisotopic (exact) mass is 410 g/mol. The highest BCUT2D eigenvalue weighted by Gasteiger charge is 2.20. The van der Waals surface area contributed by atoms with Crippen LogP contribution in [-0.4, -0.2) is 86.7 Å². The fraction of sp³-hybridized carbons (Fsp3) is 0.737. The van der Waals surface area contributed by atoms with Gasteiger partial charge in [-0.15, -0.1) is 11.3 Å². The van der Waals surface area contributed by atoms with E-state index in [4.69, 9.17) is 4.74 Å². The first kappa shape index (κ1) is 22.6. The van der Waals surface area contributed by atoms with Crippen molar-refractivity contribution in [3.63, 3.8) is 0 Å². The molecule has 1 saturated heterocycles. The van der Waals surface area contributed by atoms with E-state index in [1.54, 1.807) is 14.0 Å². The number of aliphatic imine (C=N–C) groups is 1. The number of aryl methyl sites for hydroxylation is 1. The molecule has 158 valence electrons. The Morgan fingerprint density at radius 2 is 2.14 bits per heavy atom. The average Bonchev–Trinajstić information content (AvgIpc) is 2.94. The van der Waals surface area contributed by atoms with Gasteiger partial charge in [0.1, 0.15) is 9.88 Å². The molecule has 0 amide bonds. The molecule has 0 radical (unpaired) electrons. The van der Waals surface area contributed by atoms with Crippen LogP contribution in [0.1, 0.15) is 46.7 Å². The van der Waals surface area contributed by atoms with Gasteiger partial charge in [-0.05, 0) is 47.3 Å². The molecule has 1 atom stereocenters. The second kappa shape index (κ2) is 11.3. The maximum atomic E-state index is 12.0. The zero-order valence-corrected chi connectivity index (χ0v) is 18.6. The number of carbonyl (C=O) groups is 1. The summed E-state index contributed by atoms with van der Waals surface area (Å²) in [6, 6.07) is -0.0510. The van der Waals surface area contributed by atoms with Crippen LogP contribution >= 0.6 is 11.3 Å². The van der Waals surface area contributed by atoms with Crippen LogP contribution in [0.4, 0.5) is 0 Å². The minimum absolute atomic E-state index is 0.0510. The van der Waals surface area contributed by atoms with Gasteiger partial charge in [0.2, 0.25) is 0 Å². The van der Waals surface area contributed by atoms with E-state index in [0.29, 0.717) is 17.2 Å². The lowest BCUT2D eigenvalue weighted by atomic mass is 10.3. The Balaban J connectivity index is 1.83. The SMILES string of the molecule is CCOC(=O)c1sc(C(C)NC(=NC)NCCN2CCCN(C)CC2)nc1C. The summed E-state index contributed by atoms with van der Waals surface area (Å²) in [5, 5.41) is 7.59. The van der Waals surface area contributed by atoms with Gasteiger partial charge in [0, 0.05) is 33.2 Å². The number of nitrogens with zero attached hydrogens (tertiary/aromatic N) is 4. The molecular formula is C19H34N6O2S. The molecule has 0 saturated carbocycles. The summed E-state index contributed by atoms with van der Waals surface area (Å²) in [6.45, 7) is 12.4. The minimum Gasteiger partial charge on any atom is -0.462 e. The highest BCUT2D eigenvalue weighted by Crippen LogP contribution is 2.24. The maximum absolute atomic E-state index is 12.0. The van der Waals surface area contributed by atoms with Gasteiger partial charge in [0.15, 0.2) is 5.96 Å². The van der Waals surface area contributed by atoms with Gasteiger partial charge < -0.3 is 25.2 Å². The Kier molecular flexibility index (Phi) is 9.14. The molecule has 1 aliphatic heterocycles. The molecule has 1 aliphatic rings. The van der Waals surface area contributed by atoms with Crippen LogP contribution < -0.4 is 10.6 Å². The quantitative estimate of drug-likeness (QED) is 0.400. The molecule has 2 heterocycles. The first-order valence-electron chi connectivity index (χ1n) is 9.97. The third-order valence-corrected chi connectivity index (χ3v) is 6.07. The summed E-state index contributed by atoms with van der Waals surface area (Å²) < 4.78 is 5.10. The Hall–Kier alpha value is -1.71. The Bertz CT molecular complexity index is 663. The van der Waals surface area contributed by atoms with Crippen LogP contribution in [0, 0.1) is 6.92 Å². The molecule has 0 bridgehead atoms. The number of aromatic nitrogens is 1. The van der Waals surface area contributed by atoms with Crippen molar-refractivity contribution in [3.8, 4) is 0 Å². The van der Waals surface area contributed by atoms with E-state index in [2.05, 4.69) is 37.5 Å². The Morgan fingerprint density at radius 3 is 2.86 bits per heavy atom. The highest BCUT2D eigenvalue weighted by atomic mass is 32.1. The van der Waals surface area contributed by atoms with Crippen LogP contribution in [0.2, 0.25) is 0 Å². The van der Waals surface area contributed by atoms with Gasteiger partial charge in [-0.25, -0.2) is 9.78 Å². The normalized spacial score (nSPS) is 17.8. The lowest BCUT2D eigenvalue weighted by Crippen LogP contribution is -2.43. The van der Waals surface area contributed by atoms with Gasteiger partial charge >= 0.3 is 5.97 Å². The molecule has 0 aliphatic carbocycles. The van der Waals surface area contributed by atoms with E-state index in [9.17, 15) is 4.79 Å². The number of hydrogen-bond donors (Lipinski definition) is 2. The molecule has 0 spiro atoms. The predicted octanol–water partition coefficient (Wildman–Crippen LogP) is 1.49. The average molecular weight is 411 g/mol. The fourth-order valence-electron chi connectivity index (χ4n) is 3.11. The van der Waals surface area contributed by atoms with E-state index >= 15 is 0 Å². The molecule has 8 nitrogen and oxygen atoms in total. The van der Waals surface area contributed by atoms with Gasteiger partial charge in [0.25, 0.3) is 0 Å². The van der Waals surface area contributed by atoms with Crippen LogP contribution in [0.25, 0.3) is 0 Å². The number of hydrogen-bond acceptors (Lipinski definition) is 7. The minimum atomic E-state index is -0.304. The fourth-order valence-corrected chi connectivity index (χ4v) is 4.07. The van der Waals surface area contributed by atoms with E-state index in [0.717, 1.165) is 43.7 Å². The summed E-state index contributed by atoms with van der Waals surface area (Å²) in [5.41, 5.74) is 0.709. The molecule has 0 aromatic carbocycles. The summed E-state index contributed by atoms with van der Waals surface area (Å²) in [5.74, 6) is 0.437. The van der Waals surface area contributed by atoms with Crippen molar-refractivity contribution in [2.75, 3.05) is 60.0 Å². The number of likely N-dealkylation sites (N-methyl/N-ethyl adjacent to an activating group) is 1. The second-order valence-corrected chi connectivity index (χ2v) is 8.08. The van der Waals surface area contributed by atoms with Crippen molar-refractivity contribution in [1.82, 2.24) is 25.4 Å². The number of ether oxygens (including phenoxy) is 1. The Labute approximate surface area is 172 Å². The standard InChI is InChI=1S/C19H34N6O2S/c1-6-27-18(26)16-14(2)22-17(28-16)15(3)23-19(20-4)21-8-11-25-10-7-9-24(5)12-13-25/h15H,6-13H2,1-5H3,(H2,20,21,23). The van der Waals surface area contributed by atoms with Crippen molar-refractivity contribution >= 4 is 23.3 Å². The predicted molar refractivity (Wildman–Crippen MR) is 114 cm³/mol. The summed E-state index contributed by atoms with van der Waals surface area (Å²) in [4.78, 5) is 26.3. The maximum Gasteiger partial charge on any atom is 0.350 e. The molecule has 1 unspecified atom stereocenters. The smallest absolute Gasteiger partial charge is 0.350 e. The molecule has 9 heteroatoms. The van der Waals surface area contributed by atoms with Gasteiger partial charge in [-0.3, -0.25) is 4.99 Å². The van der Waals surface area contributed by atoms with Crippen molar-refractivity contribution in [1.29, 1.82) is 0 Å². The zero-order chi connectivity index (χ0) is 20.5. The second-order valence-electron chi connectivity index (χ2n) is 7.05. The lowest BCUT2D eigenvalue weighted by Gasteiger charge is -2.21. The zero-order valence-electron chi connectivity index (χ0n) is 17.7. The van der Waals surface area contributed by atoms with E-state index < -0.39 is 0 Å². The summed E-state index contributed by atoms with van der Waals surface area (Å²) in [7, 11) is 3.95. The van der Waals surface area contributed by atoms with Crippen LogP contribution in [0.3, 0.4) is 0 Å². The number of thiazole rings is 1. The van der Waals surface area contributed by atoms with Gasteiger partial charge in [-0.1, -0.05) is 0 Å². The molecule has 2 rings (SSSR count). The van der Waals surface area contributed by atoms with Crippen LogP contribution in [0.5, 0.6) is 0 Å². The number of guanidine groups is 1. The van der Waals surface area contributed by atoms with Gasteiger partial charge in [0.05, 0.1) is 18.3 Å². The van der Waals surface area contributed by atoms with Gasteiger partial charge in [-0.2, -0.15) is 0 Å². The third-order valence-electron chi connectivity index (χ3n) is 4.75. The molecule has 1 aromatic heterocycles. The topological polar surface area (TPSA) is 82.1 Å². The van der Waals surface area contributed by atoms with Crippen LogP contribution in [-0.2, 0) is 4.74 Å². The van der Waals surface area contributed by atoms with Crippen molar-refractivity contribution in [2.24, 2.45) is 4.99 Å². The van der Waals surface area contributed by atoms with E-state index in [1.165, 1.54) is 24.3 Å². The number of esters is 1. The third kappa shape index (κ3) is 6.72. The molecule has 1 aromatic rings. The van der Waals surface area contributed by atoms with E-state index in [1.807, 2.05) is 13.8 Å². The van der Waals surface area contributed by atoms with Crippen molar-refractivity contribution in [3.05, 3.63) is 15.6 Å². The molecular weight excluding hydrogens is 376 g/mol. The Morgan fingerprint density at radius 1 is 1.36 bits per heavy atom. The first-order valence-corrected chi connectivity index (χ1v) is 10.8. The largest absolute Gasteiger partial charge is 0.462 e. The first-order chi connectivity index (χ1) is 13.4. The lowest BCUT2D eigenvalue weighted by molar-refractivity contribution is 0.0531. The number of rotatable bonds is 7. The molecule has 1 fully saturated rings.